The van der Waals surface area contributed by atoms with Crippen molar-refractivity contribution in [1.29, 1.82) is 0 Å². The molecule has 0 saturated carbocycles. The van der Waals surface area contributed by atoms with E-state index >= 15 is 0 Å². The normalized spacial score (nSPS) is 11.2. The minimum atomic E-state index is -3.19. The number of aryl methyl sites for hydroxylation is 1. The summed E-state index contributed by atoms with van der Waals surface area (Å²) in [6, 6.07) is 8.17. The Bertz CT molecular complexity index is 713. The molecule has 1 aromatic heterocycles. The fourth-order valence-corrected chi connectivity index (χ4v) is 2.26. The van der Waals surface area contributed by atoms with E-state index in [4.69, 9.17) is 5.84 Å². The quantitative estimate of drug-likeness (QED) is 0.574. The lowest BCUT2D eigenvalue weighted by molar-refractivity contribution is 0.602. The van der Waals surface area contributed by atoms with Crippen molar-refractivity contribution in [3.8, 4) is 0 Å². The zero-order valence-corrected chi connectivity index (χ0v) is 11.9. The van der Waals surface area contributed by atoms with E-state index in [1.165, 1.54) is 18.4 Å². The number of hydrogen-bond donors (Lipinski definition) is 3. The highest BCUT2D eigenvalue weighted by Crippen LogP contribution is 2.18. The molecule has 0 spiro atoms. The van der Waals surface area contributed by atoms with Crippen LogP contribution in [-0.4, -0.2) is 24.6 Å². The van der Waals surface area contributed by atoms with Gasteiger partial charge in [0, 0.05) is 23.7 Å². The Kier molecular flexibility index (Phi) is 3.86. The second-order valence-electron chi connectivity index (χ2n) is 4.28. The first-order valence-corrected chi connectivity index (χ1v) is 7.67. The van der Waals surface area contributed by atoms with Crippen LogP contribution >= 0.6 is 0 Å². The average molecular weight is 293 g/mol. The monoisotopic (exact) mass is 293 g/mol. The second-order valence-corrected chi connectivity index (χ2v) is 6.30. The smallest absolute Gasteiger partial charge is 0.239 e. The van der Waals surface area contributed by atoms with Crippen LogP contribution < -0.4 is 16.6 Å². The molecule has 0 bridgehead atoms. The van der Waals surface area contributed by atoms with Gasteiger partial charge in [0.1, 0.15) is 5.82 Å². The average Bonchev–Trinajstić information content (AvgIpc) is 2.37. The lowest BCUT2D eigenvalue weighted by Gasteiger charge is -2.08. The minimum Gasteiger partial charge on any atom is -0.340 e. The summed E-state index contributed by atoms with van der Waals surface area (Å²) in [6.07, 6.45) is 1.17. The third-order valence-electron chi connectivity index (χ3n) is 2.54. The molecule has 2 aromatic rings. The molecule has 4 N–H and O–H groups in total. The van der Waals surface area contributed by atoms with Crippen LogP contribution in [0.4, 0.5) is 17.5 Å². The maximum absolute atomic E-state index is 11.4. The second kappa shape index (κ2) is 5.43. The Labute approximate surface area is 117 Å². The van der Waals surface area contributed by atoms with E-state index in [0.717, 1.165) is 11.4 Å². The number of nitrogens with zero attached hydrogens (tertiary/aromatic N) is 2. The van der Waals surface area contributed by atoms with E-state index in [9.17, 15) is 8.42 Å². The first kappa shape index (κ1) is 14.2. The van der Waals surface area contributed by atoms with Gasteiger partial charge in [-0.1, -0.05) is 0 Å². The molecule has 106 valence electrons. The SMILES string of the molecule is Cc1cc(Nc2ccc(S(C)(=O)=O)cc2)nc(NN)n1. The number of benzene rings is 1. The molecule has 0 saturated heterocycles. The predicted octanol–water partition coefficient (Wildman–Crippen LogP) is 1.22. The van der Waals surface area contributed by atoms with Gasteiger partial charge < -0.3 is 5.32 Å². The molecule has 1 aromatic carbocycles. The van der Waals surface area contributed by atoms with Gasteiger partial charge in [-0.05, 0) is 31.2 Å². The Hall–Kier alpha value is -2.19. The van der Waals surface area contributed by atoms with Crippen molar-refractivity contribution in [3.05, 3.63) is 36.0 Å². The number of hydrogen-bond acceptors (Lipinski definition) is 7. The Morgan fingerprint density at radius 3 is 2.35 bits per heavy atom. The van der Waals surface area contributed by atoms with Crippen LogP contribution in [0, 0.1) is 6.92 Å². The molecule has 0 aliphatic carbocycles. The lowest BCUT2D eigenvalue weighted by atomic mass is 10.3. The molecular formula is C12H15N5O2S. The highest BCUT2D eigenvalue weighted by Gasteiger charge is 2.07. The fourth-order valence-electron chi connectivity index (χ4n) is 1.63. The van der Waals surface area contributed by atoms with Gasteiger partial charge in [0.05, 0.1) is 4.90 Å². The highest BCUT2D eigenvalue weighted by atomic mass is 32.2. The number of aromatic nitrogens is 2. The van der Waals surface area contributed by atoms with E-state index in [-0.39, 0.29) is 4.90 Å². The van der Waals surface area contributed by atoms with Gasteiger partial charge in [0.2, 0.25) is 5.95 Å². The summed E-state index contributed by atoms with van der Waals surface area (Å²) < 4.78 is 22.7. The fraction of sp³-hybridized carbons (Fsp3) is 0.167. The van der Waals surface area contributed by atoms with Crippen LogP contribution in [0.1, 0.15) is 5.69 Å². The lowest BCUT2D eigenvalue weighted by Crippen LogP contribution is -2.11. The van der Waals surface area contributed by atoms with Crippen LogP contribution in [0.15, 0.2) is 35.2 Å². The van der Waals surface area contributed by atoms with Gasteiger partial charge in [-0.2, -0.15) is 4.98 Å². The molecule has 0 aliphatic rings. The molecule has 2 rings (SSSR count). The zero-order chi connectivity index (χ0) is 14.8. The van der Waals surface area contributed by atoms with Crippen molar-refractivity contribution in [2.75, 3.05) is 17.0 Å². The number of nitrogen functional groups attached to an aromatic ring is 1. The van der Waals surface area contributed by atoms with E-state index < -0.39 is 9.84 Å². The molecule has 20 heavy (non-hydrogen) atoms. The van der Waals surface area contributed by atoms with Gasteiger partial charge in [0.25, 0.3) is 0 Å². The van der Waals surface area contributed by atoms with Crippen molar-refractivity contribution in [2.45, 2.75) is 11.8 Å². The number of anilines is 3. The number of nitrogens with one attached hydrogen (secondary N) is 2. The molecule has 0 atom stereocenters. The Morgan fingerprint density at radius 1 is 1.15 bits per heavy atom. The molecule has 7 nitrogen and oxygen atoms in total. The topological polar surface area (TPSA) is 110 Å². The van der Waals surface area contributed by atoms with E-state index in [2.05, 4.69) is 20.7 Å². The van der Waals surface area contributed by atoms with Gasteiger partial charge in [-0.25, -0.2) is 19.2 Å². The summed E-state index contributed by atoms with van der Waals surface area (Å²) in [4.78, 5) is 8.49. The van der Waals surface area contributed by atoms with Gasteiger partial charge in [0.15, 0.2) is 9.84 Å². The van der Waals surface area contributed by atoms with Crippen molar-refractivity contribution in [1.82, 2.24) is 9.97 Å². The van der Waals surface area contributed by atoms with Crippen molar-refractivity contribution in [3.63, 3.8) is 0 Å². The minimum absolute atomic E-state index is 0.270. The zero-order valence-electron chi connectivity index (χ0n) is 11.1. The summed E-state index contributed by atoms with van der Waals surface area (Å²) >= 11 is 0. The summed E-state index contributed by atoms with van der Waals surface area (Å²) in [5, 5.41) is 3.06. The standard InChI is InChI=1S/C12H15N5O2S/c1-8-7-11(16-12(14-8)17-13)15-9-3-5-10(6-4-9)20(2,18)19/h3-7H,13H2,1-2H3,(H2,14,15,16,17). The van der Waals surface area contributed by atoms with E-state index in [1.54, 1.807) is 18.2 Å². The van der Waals surface area contributed by atoms with E-state index in [1.807, 2.05) is 6.92 Å². The number of sulfone groups is 1. The van der Waals surface area contributed by atoms with Gasteiger partial charge >= 0.3 is 0 Å². The molecule has 1 heterocycles. The molecule has 0 amide bonds. The molecular weight excluding hydrogens is 278 g/mol. The van der Waals surface area contributed by atoms with Gasteiger partial charge in [-0.15, -0.1) is 0 Å². The molecule has 0 radical (unpaired) electrons. The third kappa shape index (κ3) is 3.43. The Balaban J connectivity index is 2.24. The number of rotatable bonds is 4. The first-order valence-electron chi connectivity index (χ1n) is 5.78. The molecule has 0 fully saturated rings. The van der Waals surface area contributed by atoms with Crippen molar-refractivity contribution in [2.24, 2.45) is 5.84 Å². The summed E-state index contributed by atoms with van der Waals surface area (Å²) in [5.41, 5.74) is 3.86. The van der Waals surface area contributed by atoms with Crippen LogP contribution in [0.5, 0.6) is 0 Å². The highest BCUT2D eigenvalue weighted by molar-refractivity contribution is 7.90. The summed E-state index contributed by atoms with van der Waals surface area (Å²) in [5.74, 6) is 6.15. The molecule has 0 aliphatic heterocycles. The largest absolute Gasteiger partial charge is 0.340 e. The Morgan fingerprint density at radius 2 is 1.80 bits per heavy atom. The summed E-state index contributed by atoms with van der Waals surface area (Å²) in [6.45, 7) is 1.82. The molecule has 8 heteroatoms. The van der Waals surface area contributed by atoms with Crippen molar-refractivity contribution < 1.29 is 8.42 Å². The predicted molar refractivity (Wildman–Crippen MR) is 77.4 cm³/mol. The van der Waals surface area contributed by atoms with Crippen LogP contribution in [0.3, 0.4) is 0 Å². The van der Waals surface area contributed by atoms with Crippen molar-refractivity contribution >= 4 is 27.3 Å². The third-order valence-corrected chi connectivity index (χ3v) is 3.67. The maximum atomic E-state index is 11.4. The number of nitrogens with two attached hydrogens (primary N) is 1. The van der Waals surface area contributed by atoms with Crippen LogP contribution in [0.2, 0.25) is 0 Å². The number of hydrazine groups is 1. The maximum Gasteiger partial charge on any atom is 0.239 e. The van der Waals surface area contributed by atoms with Crippen LogP contribution in [-0.2, 0) is 9.84 Å². The van der Waals surface area contributed by atoms with E-state index in [0.29, 0.717) is 11.8 Å². The first-order chi connectivity index (χ1) is 9.38. The van der Waals surface area contributed by atoms with Crippen LogP contribution in [0.25, 0.3) is 0 Å². The summed E-state index contributed by atoms with van der Waals surface area (Å²) in [7, 11) is -3.19. The molecule has 0 unspecified atom stereocenters. The van der Waals surface area contributed by atoms with Gasteiger partial charge in [-0.3, -0.25) is 5.43 Å².